The van der Waals surface area contributed by atoms with Crippen LogP contribution in [0.3, 0.4) is 0 Å². The van der Waals surface area contributed by atoms with Gasteiger partial charge in [-0.2, -0.15) is 0 Å². The standard InChI is InChI=1S/C12H20N2O3/c15-11-5-4-10(7-13-11)14-9-3-1-2-8(6-9)12(16)17/h8-10,14H,1-7H2,(H,13,15)(H,16,17). The van der Waals surface area contributed by atoms with E-state index >= 15 is 0 Å². The van der Waals surface area contributed by atoms with E-state index in [1.807, 2.05) is 0 Å². The van der Waals surface area contributed by atoms with Crippen molar-refractivity contribution < 1.29 is 14.7 Å². The van der Waals surface area contributed by atoms with Crippen molar-refractivity contribution in [3.63, 3.8) is 0 Å². The van der Waals surface area contributed by atoms with Gasteiger partial charge in [-0.3, -0.25) is 9.59 Å². The third-order valence-electron chi connectivity index (χ3n) is 3.76. The summed E-state index contributed by atoms with van der Waals surface area (Å²) >= 11 is 0. The van der Waals surface area contributed by atoms with Gasteiger partial charge in [0.15, 0.2) is 0 Å². The lowest BCUT2D eigenvalue weighted by atomic mass is 9.85. The van der Waals surface area contributed by atoms with Crippen LogP contribution in [0, 0.1) is 5.92 Å². The molecule has 17 heavy (non-hydrogen) atoms. The summed E-state index contributed by atoms with van der Waals surface area (Å²) in [4.78, 5) is 22.0. The molecule has 0 aromatic heterocycles. The molecule has 1 aliphatic carbocycles. The Labute approximate surface area is 101 Å². The molecule has 1 aliphatic heterocycles. The first-order chi connectivity index (χ1) is 8.15. The number of carbonyl (C=O) groups excluding carboxylic acids is 1. The molecular weight excluding hydrogens is 220 g/mol. The number of carbonyl (C=O) groups is 2. The van der Waals surface area contributed by atoms with E-state index in [2.05, 4.69) is 10.6 Å². The van der Waals surface area contributed by atoms with Crippen molar-refractivity contribution >= 4 is 11.9 Å². The average Bonchev–Trinajstić information content (AvgIpc) is 2.32. The summed E-state index contributed by atoms with van der Waals surface area (Å²) in [5.41, 5.74) is 0. The molecular formula is C12H20N2O3. The van der Waals surface area contributed by atoms with E-state index < -0.39 is 5.97 Å². The van der Waals surface area contributed by atoms with Crippen LogP contribution in [0.2, 0.25) is 0 Å². The molecule has 2 fully saturated rings. The van der Waals surface area contributed by atoms with Crippen molar-refractivity contribution in [2.45, 2.75) is 50.6 Å². The van der Waals surface area contributed by atoms with Crippen LogP contribution in [0.5, 0.6) is 0 Å². The Balaban J connectivity index is 1.78. The van der Waals surface area contributed by atoms with Gasteiger partial charge in [0.2, 0.25) is 5.91 Å². The highest BCUT2D eigenvalue weighted by Gasteiger charge is 2.29. The summed E-state index contributed by atoms with van der Waals surface area (Å²) in [5.74, 6) is -0.747. The normalized spacial score (nSPS) is 34.1. The summed E-state index contributed by atoms with van der Waals surface area (Å²) < 4.78 is 0. The number of carboxylic acids is 1. The summed E-state index contributed by atoms with van der Waals surface area (Å²) in [6, 6.07) is 0.607. The lowest BCUT2D eigenvalue weighted by molar-refractivity contribution is -0.143. The smallest absolute Gasteiger partial charge is 0.306 e. The maximum absolute atomic E-state index is 11.0. The van der Waals surface area contributed by atoms with E-state index in [9.17, 15) is 9.59 Å². The second-order valence-corrected chi connectivity index (χ2v) is 5.11. The highest BCUT2D eigenvalue weighted by molar-refractivity contribution is 5.76. The van der Waals surface area contributed by atoms with Gasteiger partial charge in [0, 0.05) is 25.0 Å². The van der Waals surface area contributed by atoms with Gasteiger partial charge < -0.3 is 15.7 Å². The first-order valence-electron chi connectivity index (χ1n) is 6.40. The lowest BCUT2D eigenvalue weighted by Gasteiger charge is -2.32. The molecule has 3 N–H and O–H groups in total. The topological polar surface area (TPSA) is 78.4 Å². The van der Waals surface area contributed by atoms with E-state index in [0.29, 0.717) is 25.0 Å². The molecule has 1 amide bonds. The Morgan fingerprint density at radius 1 is 1.29 bits per heavy atom. The molecule has 0 spiro atoms. The van der Waals surface area contributed by atoms with Gasteiger partial charge in [0.25, 0.3) is 0 Å². The van der Waals surface area contributed by atoms with Crippen LogP contribution >= 0.6 is 0 Å². The number of hydrogen-bond acceptors (Lipinski definition) is 3. The zero-order valence-electron chi connectivity index (χ0n) is 9.95. The van der Waals surface area contributed by atoms with Crippen LogP contribution in [0.15, 0.2) is 0 Å². The van der Waals surface area contributed by atoms with Crippen LogP contribution in [0.4, 0.5) is 0 Å². The SMILES string of the molecule is O=C1CCC(NC2CCCC(C(=O)O)C2)CN1. The van der Waals surface area contributed by atoms with Gasteiger partial charge in [-0.15, -0.1) is 0 Å². The van der Waals surface area contributed by atoms with Gasteiger partial charge in [-0.05, 0) is 25.7 Å². The highest BCUT2D eigenvalue weighted by Crippen LogP contribution is 2.25. The fraction of sp³-hybridized carbons (Fsp3) is 0.833. The van der Waals surface area contributed by atoms with Crippen molar-refractivity contribution in [1.29, 1.82) is 0 Å². The number of amides is 1. The maximum Gasteiger partial charge on any atom is 0.306 e. The first kappa shape index (κ1) is 12.4. The monoisotopic (exact) mass is 240 g/mol. The molecule has 1 saturated heterocycles. The molecule has 1 saturated carbocycles. The zero-order chi connectivity index (χ0) is 12.3. The molecule has 5 heteroatoms. The fourth-order valence-electron chi connectivity index (χ4n) is 2.77. The molecule has 96 valence electrons. The molecule has 0 aromatic carbocycles. The second-order valence-electron chi connectivity index (χ2n) is 5.11. The molecule has 0 bridgehead atoms. The number of hydrogen-bond donors (Lipinski definition) is 3. The van der Waals surface area contributed by atoms with E-state index in [1.54, 1.807) is 0 Å². The zero-order valence-corrected chi connectivity index (χ0v) is 9.95. The minimum absolute atomic E-state index is 0.120. The number of aliphatic carboxylic acids is 1. The summed E-state index contributed by atoms with van der Waals surface area (Å²) in [6.45, 7) is 0.674. The van der Waals surface area contributed by atoms with Crippen LogP contribution < -0.4 is 10.6 Å². The van der Waals surface area contributed by atoms with E-state index in [4.69, 9.17) is 5.11 Å². The molecule has 0 aromatic rings. The molecule has 2 aliphatic rings. The number of nitrogens with one attached hydrogen (secondary N) is 2. The summed E-state index contributed by atoms with van der Waals surface area (Å²) in [5, 5.41) is 15.3. The predicted molar refractivity (Wildman–Crippen MR) is 62.5 cm³/mol. The average molecular weight is 240 g/mol. The van der Waals surface area contributed by atoms with Crippen molar-refractivity contribution in [1.82, 2.24) is 10.6 Å². The summed E-state index contributed by atoms with van der Waals surface area (Å²) in [6.07, 6.45) is 4.99. The van der Waals surface area contributed by atoms with Crippen LogP contribution in [0.25, 0.3) is 0 Å². The first-order valence-corrected chi connectivity index (χ1v) is 6.40. The van der Waals surface area contributed by atoms with Crippen LogP contribution in [0.1, 0.15) is 38.5 Å². The largest absolute Gasteiger partial charge is 0.481 e. The second kappa shape index (κ2) is 5.49. The quantitative estimate of drug-likeness (QED) is 0.671. The van der Waals surface area contributed by atoms with Crippen molar-refractivity contribution in [3.8, 4) is 0 Å². The van der Waals surface area contributed by atoms with E-state index in [0.717, 1.165) is 32.1 Å². The van der Waals surface area contributed by atoms with Crippen molar-refractivity contribution in [3.05, 3.63) is 0 Å². The van der Waals surface area contributed by atoms with Crippen molar-refractivity contribution in [2.75, 3.05) is 6.54 Å². The third kappa shape index (κ3) is 3.43. The number of carboxylic acid groups (broad SMARTS) is 1. The van der Waals surface area contributed by atoms with E-state index in [-0.39, 0.29) is 11.8 Å². The molecule has 1 heterocycles. The van der Waals surface area contributed by atoms with Gasteiger partial charge in [0.05, 0.1) is 5.92 Å². The van der Waals surface area contributed by atoms with Crippen LogP contribution in [-0.2, 0) is 9.59 Å². The highest BCUT2D eigenvalue weighted by atomic mass is 16.4. The summed E-state index contributed by atoms with van der Waals surface area (Å²) in [7, 11) is 0. The Morgan fingerprint density at radius 3 is 2.76 bits per heavy atom. The van der Waals surface area contributed by atoms with Gasteiger partial charge in [-0.25, -0.2) is 0 Å². The van der Waals surface area contributed by atoms with E-state index in [1.165, 1.54) is 0 Å². The Bertz CT molecular complexity index is 296. The number of piperidine rings is 1. The molecule has 2 rings (SSSR count). The predicted octanol–water partition coefficient (Wildman–Crippen LogP) is 0.498. The molecule has 3 atom stereocenters. The van der Waals surface area contributed by atoms with Crippen molar-refractivity contribution in [2.24, 2.45) is 5.92 Å². The minimum Gasteiger partial charge on any atom is -0.481 e. The van der Waals surface area contributed by atoms with Gasteiger partial charge in [0.1, 0.15) is 0 Å². The maximum atomic E-state index is 11.0. The van der Waals surface area contributed by atoms with Crippen LogP contribution in [-0.4, -0.2) is 35.6 Å². The third-order valence-corrected chi connectivity index (χ3v) is 3.76. The Hall–Kier alpha value is -1.10. The molecule has 0 radical (unpaired) electrons. The Morgan fingerprint density at radius 2 is 2.12 bits per heavy atom. The fourth-order valence-corrected chi connectivity index (χ4v) is 2.77. The van der Waals surface area contributed by atoms with Gasteiger partial charge >= 0.3 is 5.97 Å². The minimum atomic E-state index is -0.673. The van der Waals surface area contributed by atoms with Gasteiger partial charge in [-0.1, -0.05) is 6.42 Å². The number of rotatable bonds is 3. The Kier molecular flexibility index (Phi) is 3.99. The molecule has 3 unspecified atom stereocenters. The molecule has 5 nitrogen and oxygen atoms in total. The lowest BCUT2D eigenvalue weighted by Crippen LogP contribution is -2.50.